The molecule has 0 fully saturated rings. The third kappa shape index (κ3) is 3.61. The number of thioether (sulfide) groups is 1. The first-order valence-corrected chi connectivity index (χ1v) is 11.8. The number of carbonyl (C=O) groups is 1. The van der Waals surface area contributed by atoms with Crippen LogP contribution in [0.5, 0.6) is 0 Å². The summed E-state index contributed by atoms with van der Waals surface area (Å²) in [4.78, 5) is 13.8. The van der Waals surface area contributed by atoms with Crippen LogP contribution in [0.1, 0.15) is 0 Å². The highest BCUT2D eigenvalue weighted by atomic mass is 35.5. The zero-order valence-corrected chi connectivity index (χ0v) is 17.8. The number of sulfonamides is 1. The van der Waals surface area contributed by atoms with Crippen LogP contribution in [0, 0.1) is 0 Å². The maximum Gasteiger partial charge on any atom is 0.265 e. The van der Waals surface area contributed by atoms with Crippen molar-refractivity contribution in [1.29, 1.82) is 0 Å². The molecule has 4 rings (SSSR count). The topological polar surface area (TPSA) is 66.5 Å². The fourth-order valence-corrected chi connectivity index (χ4v) is 5.72. The molecular weight excluding hydrogens is 428 g/mol. The average molecular weight is 445 g/mol. The molecule has 0 saturated carbocycles. The summed E-state index contributed by atoms with van der Waals surface area (Å²) in [6, 6.07) is 19.1. The Labute approximate surface area is 178 Å². The first-order chi connectivity index (χ1) is 13.9. The van der Waals surface area contributed by atoms with Gasteiger partial charge in [0.2, 0.25) is 5.91 Å². The van der Waals surface area contributed by atoms with E-state index in [0.29, 0.717) is 27.5 Å². The van der Waals surface area contributed by atoms with Crippen molar-refractivity contribution in [3.05, 3.63) is 71.8 Å². The molecule has 5 nitrogen and oxygen atoms in total. The molecule has 0 saturated heterocycles. The van der Waals surface area contributed by atoms with Crippen molar-refractivity contribution >= 4 is 50.7 Å². The number of benzene rings is 3. The Kier molecular flexibility index (Phi) is 5.29. The summed E-state index contributed by atoms with van der Waals surface area (Å²) < 4.78 is 27.7. The fraction of sp³-hybridized carbons (Fsp3) is 0.0952. The first-order valence-electron chi connectivity index (χ1n) is 8.76. The van der Waals surface area contributed by atoms with Crippen LogP contribution in [0.25, 0.3) is 11.1 Å². The number of nitrogens with one attached hydrogen (secondary N) is 1. The number of fused-ring (bicyclic) bond motifs is 3. The van der Waals surface area contributed by atoms with Gasteiger partial charge in [0.1, 0.15) is 6.54 Å². The lowest BCUT2D eigenvalue weighted by molar-refractivity contribution is -0.114. The van der Waals surface area contributed by atoms with E-state index < -0.39 is 15.9 Å². The summed E-state index contributed by atoms with van der Waals surface area (Å²) >= 11 is 7.66. The molecule has 0 radical (unpaired) electrons. The molecule has 1 aliphatic heterocycles. The van der Waals surface area contributed by atoms with Crippen molar-refractivity contribution in [2.75, 3.05) is 22.4 Å². The summed E-state index contributed by atoms with van der Waals surface area (Å²) in [5.41, 5.74) is 2.34. The molecule has 0 atom stereocenters. The van der Waals surface area contributed by atoms with E-state index in [4.69, 9.17) is 11.6 Å². The van der Waals surface area contributed by atoms with Crippen molar-refractivity contribution in [2.24, 2.45) is 0 Å². The van der Waals surface area contributed by atoms with Gasteiger partial charge >= 0.3 is 0 Å². The van der Waals surface area contributed by atoms with Crippen molar-refractivity contribution in [3.63, 3.8) is 0 Å². The Bertz CT molecular complexity index is 1210. The zero-order chi connectivity index (χ0) is 20.6. The Morgan fingerprint density at radius 1 is 1.03 bits per heavy atom. The molecule has 1 heterocycles. The van der Waals surface area contributed by atoms with Gasteiger partial charge in [0.15, 0.2) is 0 Å². The summed E-state index contributed by atoms with van der Waals surface area (Å²) in [5.74, 6) is -0.421. The van der Waals surface area contributed by atoms with E-state index in [1.807, 2.05) is 24.5 Å². The van der Waals surface area contributed by atoms with Gasteiger partial charge < -0.3 is 5.32 Å². The van der Waals surface area contributed by atoms with E-state index >= 15 is 0 Å². The molecule has 29 heavy (non-hydrogen) atoms. The minimum absolute atomic E-state index is 0.159. The van der Waals surface area contributed by atoms with E-state index in [1.165, 1.54) is 11.8 Å². The quantitative estimate of drug-likeness (QED) is 0.582. The third-order valence-electron chi connectivity index (χ3n) is 4.64. The molecule has 1 aliphatic rings. The molecule has 8 heteroatoms. The number of anilines is 2. The smallest absolute Gasteiger partial charge is 0.265 e. The third-order valence-corrected chi connectivity index (χ3v) is 7.49. The highest BCUT2D eigenvalue weighted by Gasteiger charge is 2.36. The Morgan fingerprint density at radius 3 is 2.55 bits per heavy atom. The van der Waals surface area contributed by atoms with Gasteiger partial charge in [-0.15, -0.1) is 11.8 Å². The minimum Gasteiger partial charge on any atom is -0.323 e. The number of nitrogens with zero attached hydrogens (tertiary/aromatic N) is 1. The maximum absolute atomic E-state index is 13.3. The van der Waals surface area contributed by atoms with Gasteiger partial charge in [0.25, 0.3) is 10.0 Å². The molecule has 0 aromatic heterocycles. The molecule has 1 N–H and O–H groups in total. The summed E-state index contributed by atoms with van der Waals surface area (Å²) in [7, 11) is -3.89. The van der Waals surface area contributed by atoms with Crippen LogP contribution in [0.3, 0.4) is 0 Å². The average Bonchev–Trinajstić information content (AvgIpc) is 2.72. The van der Waals surface area contributed by atoms with Crippen molar-refractivity contribution < 1.29 is 13.2 Å². The van der Waals surface area contributed by atoms with E-state index in [1.54, 1.807) is 48.5 Å². The Morgan fingerprint density at radius 2 is 1.76 bits per heavy atom. The predicted octanol–water partition coefficient (Wildman–Crippen LogP) is 4.88. The Balaban J connectivity index is 1.73. The van der Waals surface area contributed by atoms with Crippen molar-refractivity contribution in [3.8, 4) is 11.1 Å². The van der Waals surface area contributed by atoms with Crippen LogP contribution in [0.4, 0.5) is 11.4 Å². The van der Waals surface area contributed by atoms with Gasteiger partial charge in [0, 0.05) is 21.0 Å². The van der Waals surface area contributed by atoms with Crippen LogP contribution in [0.2, 0.25) is 5.02 Å². The zero-order valence-electron chi connectivity index (χ0n) is 15.4. The van der Waals surface area contributed by atoms with Gasteiger partial charge in [-0.3, -0.25) is 9.10 Å². The maximum atomic E-state index is 13.3. The van der Waals surface area contributed by atoms with Gasteiger partial charge in [-0.1, -0.05) is 41.9 Å². The number of rotatable bonds is 4. The lowest BCUT2D eigenvalue weighted by Gasteiger charge is -2.31. The van der Waals surface area contributed by atoms with Gasteiger partial charge in [-0.05, 0) is 42.7 Å². The van der Waals surface area contributed by atoms with E-state index in [0.717, 1.165) is 9.20 Å². The molecule has 3 aromatic rings. The van der Waals surface area contributed by atoms with Gasteiger partial charge in [-0.2, -0.15) is 0 Å². The number of carbonyl (C=O) groups excluding carboxylic acids is 1. The van der Waals surface area contributed by atoms with E-state index in [-0.39, 0.29) is 11.4 Å². The highest BCUT2D eigenvalue weighted by Crippen LogP contribution is 2.43. The number of hydrogen-bond donors (Lipinski definition) is 1. The second-order valence-electron chi connectivity index (χ2n) is 6.42. The van der Waals surface area contributed by atoms with E-state index in [9.17, 15) is 13.2 Å². The SMILES string of the molecule is CSc1ccccc1NC(=O)CN1c2ccc(Cl)cc2-c2ccccc2S1(=O)=O. The van der Waals surface area contributed by atoms with Crippen LogP contribution < -0.4 is 9.62 Å². The largest absolute Gasteiger partial charge is 0.323 e. The number of para-hydroxylation sites is 1. The van der Waals surface area contributed by atoms with Gasteiger partial charge in [-0.25, -0.2) is 8.42 Å². The first kappa shape index (κ1) is 19.8. The second kappa shape index (κ2) is 7.74. The molecule has 0 spiro atoms. The molecule has 3 aromatic carbocycles. The van der Waals surface area contributed by atoms with Gasteiger partial charge in [0.05, 0.1) is 16.3 Å². The van der Waals surface area contributed by atoms with Crippen molar-refractivity contribution in [1.82, 2.24) is 0 Å². The molecule has 0 bridgehead atoms. The van der Waals surface area contributed by atoms with E-state index in [2.05, 4.69) is 5.32 Å². The number of halogens is 1. The summed E-state index contributed by atoms with van der Waals surface area (Å²) in [6.45, 7) is -0.339. The minimum atomic E-state index is -3.89. The summed E-state index contributed by atoms with van der Waals surface area (Å²) in [6.07, 6.45) is 1.91. The number of amides is 1. The van der Waals surface area contributed by atoms with Crippen LogP contribution in [-0.4, -0.2) is 27.1 Å². The normalized spacial score (nSPS) is 14.1. The second-order valence-corrected chi connectivity index (χ2v) is 9.53. The predicted molar refractivity (Wildman–Crippen MR) is 118 cm³/mol. The fourth-order valence-electron chi connectivity index (χ4n) is 3.34. The van der Waals surface area contributed by atoms with Crippen molar-refractivity contribution in [2.45, 2.75) is 9.79 Å². The van der Waals surface area contributed by atoms with Crippen LogP contribution >= 0.6 is 23.4 Å². The molecular formula is C21H17ClN2O3S2. The molecule has 0 unspecified atom stereocenters. The Hall–Kier alpha value is -2.48. The highest BCUT2D eigenvalue weighted by molar-refractivity contribution is 7.98. The van der Waals surface area contributed by atoms with Crippen LogP contribution in [-0.2, 0) is 14.8 Å². The summed E-state index contributed by atoms with van der Waals surface area (Å²) in [5, 5.41) is 3.32. The molecule has 148 valence electrons. The molecule has 1 amide bonds. The lowest BCUT2D eigenvalue weighted by Crippen LogP contribution is -2.40. The monoisotopic (exact) mass is 444 g/mol. The van der Waals surface area contributed by atoms with Crippen LogP contribution in [0.15, 0.2) is 76.5 Å². The number of hydrogen-bond acceptors (Lipinski definition) is 4. The standard InChI is InChI=1S/C21H17ClN2O3S2/c1-28-19-8-4-3-7-17(19)23-21(25)13-24-18-11-10-14(22)12-16(18)15-6-2-5-9-20(15)29(24,26)27/h2-12H,13H2,1H3,(H,23,25). The molecule has 0 aliphatic carbocycles. The lowest BCUT2D eigenvalue weighted by atomic mass is 10.0.